The second-order valence-electron chi connectivity index (χ2n) is 6.35. The van der Waals surface area contributed by atoms with Gasteiger partial charge in [0.1, 0.15) is 5.82 Å². The maximum Gasteiger partial charge on any atom is 0.256 e. The number of benzene rings is 2. The number of hydrogen-bond acceptors (Lipinski definition) is 2. The zero-order chi connectivity index (χ0) is 17.8. The van der Waals surface area contributed by atoms with E-state index in [1.54, 1.807) is 24.3 Å². The highest BCUT2D eigenvalue weighted by atomic mass is 19.1. The van der Waals surface area contributed by atoms with Gasteiger partial charge < -0.3 is 10.2 Å². The van der Waals surface area contributed by atoms with Crippen LogP contribution in [0.5, 0.6) is 0 Å². The Labute approximate surface area is 146 Å². The number of nitrogens with zero attached hydrogens (tertiary/aromatic N) is 1. The number of nitrogens with one attached hydrogen (secondary N) is 1. The predicted octanol–water partition coefficient (Wildman–Crippen LogP) is 4.09. The minimum Gasteiger partial charge on any atom is -0.336 e. The summed E-state index contributed by atoms with van der Waals surface area (Å²) in [6.07, 6.45) is 3.13. The monoisotopic (exact) mass is 340 g/mol. The highest BCUT2D eigenvalue weighted by Gasteiger charge is 2.26. The van der Waals surface area contributed by atoms with Gasteiger partial charge in [-0.1, -0.05) is 12.1 Å². The number of rotatable bonds is 3. The summed E-state index contributed by atoms with van der Waals surface area (Å²) in [6, 6.07) is 12.5. The molecular weight excluding hydrogens is 319 g/mol. The van der Waals surface area contributed by atoms with Gasteiger partial charge in [0.05, 0.1) is 11.3 Å². The Bertz CT molecular complexity index is 774. The molecule has 1 aliphatic rings. The first-order valence-corrected chi connectivity index (χ1v) is 8.53. The van der Waals surface area contributed by atoms with Crippen LogP contribution in [0.1, 0.15) is 46.9 Å². The third-order valence-electron chi connectivity index (χ3n) is 4.58. The summed E-state index contributed by atoms with van der Waals surface area (Å²) in [5, 5.41) is 2.77. The van der Waals surface area contributed by atoms with Gasteiger partial charge in [0.15, 0.2) is 0 Å². The van der Waals surface area contributed by atoms with E-state index in [1.165, 1.54) is 24.3 Å². The van der Waals surface area contributed by atoms with Crippen LogP contribution >= 0.6 is 0 Å². The third-order valence-corrected chi connectivity index (χ3v) is 4.58. The Morgan fingerprint density at radius 1 is 1.08 bits per heavy atom. The van der Waals surface area contributed by atoms with Gasteiger partial charge in [-0.25, -0.2) is 4.39 Å². The van der Waals surface area contributed by atoms with Crippen LogP contribution in [-0.2, 0) is 0 Å². The van der Waals surface area contributed by atoms with Crippen LogP contribution in [0.4, 0.5) is 10.1 Å². The summed E-state index contributed by atoms with van der Waals surface area (Å²) >= 11 is 0. The number of halogens is 1. The molecule has 1 saturated heterocycles. The zero-order valence-corrected chi connectivity index (χ0v) is 14.2. The molecule has 1 atom stereocenters. The summed E-state index contributed by atoms with van der Waals surface area (Å²) in [4.78, 5) is 27.2. The van der Waals surface area contributed by atoms with E-state index < -0.39 is 5.82 Å². The van der Waals surface area contributed by atoms with Crippen molar-refractivity contribution in [2.75, 3.05) is 11.9 Å². The van der Waals surface area contributed by atoms with Gasteiger partial charge in [0.25, 0.3) is 11.8 Å². The molecule has 1 N–H and O–H groups in total. The van der Waals surface area contributed by atoms with Crippen molar-refractivity contribution >= 4 is 17.5 Å². The molecule has 1 heterocycles. The second-order valence-corrected chi connectivity index (χ2v) is 6.35. The lowest BCUT2D eigenvalue weighted by Crippen LogP contribution is -2.42. The molecule has 0 aliphatic carbocycles. The van der Waals surface area contributed by atoms with Gasteiger partial charge in [0.2, 0.25) is 0 Å². The van der Waals surface area contributed by atoms with Crippen LogP contribution in [0.25, 0.3) is 0 Å². The quantitative estimate of drug-likeness (QED) is 0.915. The Hall–Kier alpha value is -2.69. The predicted molar refractivity (Wildman–Crippen MR) is 95.1 cm³/mol. The molecule has 5 heteroatoms. The van der Waals surface area contributed by atoms with E-state index in [9.17, 15) is 14.0 Å². The molecule has 2 amide bonds. The van der Waals surface area contributed by atoms with Gasteiger partial charge in [-0.2, -0.15) is 0 Å². The molecule has 130 valence electrons. The van der Waals surface area contributed by atoms with E-state index in [4.69, 9.17) is 0 Å². The van der Waals surface area contributed by atoms with Crippen LogP contribution < -0.4 is 5.32 Å². The van der Waals surface area contributed by atoms with Crippen molar-refractivity contribution in [3.63, 3.8) is 0 Å². The standard InChI is InChI=1S/C20H21FN2O2/c1-14-6-4-5-13-23(14)20(25)17-7-2-3-8-18(17)22-19(24)15-9-11-16(21)12-10-15/h2-3,7-12,14H,4-6,13H2,1H3,(H,22,24). The first-order valence-electron chi connectivity index (χ1n) is 8.53. The number of para-hydroxylation sites is 1. The number of hydrogen-bond donors (Lipinski definition) is 1. The Morgan fingerprint density at radius 2 is 1.80 bits per heavy atom. The minimum atomic E-state index is -0.397. The van der Waals surface area contributed by atoms with Crippen LogP contribution in [0.3, 0.4) is 0 Å². The first-order chi connectivity index (χ1) is 12.1. The Balaban J connectivity index is 1.82. The van der Waals surface area contributed by atoms with Gasteiger partial charge in [-0.3, -0.25) is 9.59 Å². The smallest absolute Gasteiger partial charge is 0.256 e. The summed E-state index contributed by atoms with van der Waals surface area (Å²) in [6.45, 7) is 2.79. The molecule has 0 aromatic heterocycles. The van der Waals surface area contributed by atoms with Crippen molar-refractivity contribution in [3.8, 4) is 0 Å². The minimum absolute atomic E-state index is 0.0674. The molecule has 2 aromatic carbocycles. The van der Waals surface area contributed by atoms with Gasteiger partial charge in [-0.05, 0) is 62.6 Å². The Morgan fingerprint density at radius 3 is 2.52 bits per heavy atom. The SMILES string of the molecule is CC1CCCCN1C(=O)c1ccccc1NC(=O)c1ccc(F)cc1. The van der Waals surface area contributed by atoms with E-state index in [2.05, 4.69) is 12.2 Å². The summed E-state index contributed by atoms with van der Waals surface area (Å²) in [5.41, 5.74) is 1.29. The molecule has 4 nitrogen and oxygen atoms in total. The van der Waals surface area contributed by atoms with Crippen molar-refractivity contribution in [2.45, 2.75) is 32.2 Å². The third kappa shape index (κ3) is 3.87. The van der Waals surface area contributed by atoms with Crippen molar-refractivity contribution in [1.29, 1.82) is 0 Å². The van der Waals surface area contributed by atoms with E-state index >= 15 is 0 Å². The number of amides is 2. The van der Waals surface area contributed by atoms with E-state index in [1.807, 2.05) is 4.90 Å². The van der Waals surface area contributed by atoms with E-state index in [0.717, 1.165) is 25.8 Å². The maximum absolute atomic E-state index is 13.0. The summed E-state index contributed by atoms with van der Waals surface area (Å²) < 4.78 is 13.0. The van der Waals surface area contributed by atoms with Gasteiger partial charge >= 0.3 is 0 Å². The lowest BCUT2D eigenvalue weighted by Gasteiger charge is -2.33. The lowest BCUT2D eigenvalue weighted by molar-refractivity contribution is 0.0636. The number of carbonyl (C=O) groups is 2. The molecule has 1 fully saturated rings. The summed E-state index contributed by atoms with van der Waals surface area (Å²) in [7, 11) is 0. The number of likely N-dealkylation sites (tertiary alicyclic amines) is 1. The van der Waals surface area contributed by atoms with Crippen LogP contribution in [0.2, 0.25) is 0 Å². The maximum atomic E-state index is 13.0. The fourth-order valence-corrected chi connectivity index (χ4v) is 3.13. The zero-order valence-electron chi connectivity index (χ0n) is 14.2. The highest BCUT2D eigenvalue weighted by Crippen LogP contribution is 2.23. The molecular formula is C20H21FN2O2. The number of piperidine rings is 1. The molecule has 25 heavy (non-hydrogen) atoms. The number of anilines is 1. The molecule has 0 bridgehead atoms. The topological polar surface area (TPSA) is 49.4 Å². The lowest BCUT2D eigenvalue weighted by atomic mass is 10.0. The van der Waals surface area contributed by atoms with Gasteiger partial charge in [-0.15, -0.1) is 0 Å². The molecule has 0 spiro atoms. The van der Waals surface area contributed by atoms with Crippen molar-refractivity contribution < 1.29 is 14.0 Å². The molecule has 3 rings (SSSR count). The largest absolute Gasteiger partial charge is 0.336 e. The second kappa shape index (κ2) is 7.47. The van der Waals surface area contributed by atoms with E-state index in [0.29, 0.717) is 16.8 Å². The van der Waals surface area contributed by atoms with Gasteiger partial charge in [0, 0.05) is 18.2 Å². The fourth-order valence-electron chi connectivity index (χ4n) is 3.13. The van der Waals surface area contributed by atoms with Crippen LogP contribution in [0, 0.1) is 5.82 Å². The van der Waals surface area contributed by atoms with E-state index in [-0.39, 0.29) is 17.9 Å². The molecule has 1 aliphatic heterocycles. The average molecular weight is 340 g/mol. The Kier molecular flexibility index (Phi) is 5.12. The highest BCUT2D eigenvalue weighted by molar-refractivity contribution is 6.09. The first kappa shape index (κ1) is 17.1. The van der Waals surface area contributed by atoms with Crippen LogP contribution in [0.15, 0.2) is 48.5 Å². The van der Waals surface area contributed by atoms with Crippen LogP contribution in [-0.4, -0.2) is 29.3 Å². The fraction of sp³-hybridized carbons (Fsp3) is 0.300. The van der Waals surface area contributed by atoms with Crippen molar-refractivity contribution in [3.05, 3.63) is 65.5 Å². The molecule has 0 saturated carbocycles. The van der Waals surface area contributed by atoms with Crippen molar-refractivity contribution in [1.82, 2.24) is 4.90 Å². The normalized spacial score (nSPS) is 17.2. The van der Waals surface area contributed by atoms with Crippen molar-refractivity contribution in [2.24, 2.45) is 0 Å². The number of carbonyl (C=O) groups excluding carboxylic acids is 2. The summed E-state index contributed by atoms with van der Waals surface area (Å²) in [5.74, 6) is -0.833. The molecule has 2 aromatic rings. The molecule has 0 radical (unpaired) electrons. The average Bonchev–Trinajstić information content (AvgIpc) is 2.62. The molecule has 1 unspecified atom stereocenters.